The van der Waals surface area contributed by atoms with Gasteiger partial charge in [-0.1, -0.05) is 18.5 Å². The third-order valence-electron chi connectivity index (χ3n) is 7.20. The standard InChI is InChI=1S/C24H34ClN3O4/c1-2-14-32-23(31)26-17-4-9-21(20(25)15-17)27-12-3-10-24(16-27)11-13-28(22(24)30)18-5-7-19(29)8-6-18/h4,9,15,18-19,29H,2-3,5-8,10-14,16H2,1H3,(H,26,31)/t18-,19-,24-/m1/s1. The van der Waals surface area contributed by atoms with Gasteiger partial charge in [0.25, 0.3) is 0 Å². The summed E-state index contributed by atoms with van der Waals surface area (Å²) >= 11 is 6.59. The smallest absolute Gasteiger partial charge is 0.411 e. The first kappa shape index (κ1) is 23.2. The van der Waals surface area contributed by atoms with Crippen molar-refractivity contribution in [2.24, 2.45) is 5.41 Å². The van der Waals surface area contributed by atoms with E-state index in [0.29, 0.717) is 23.9 Å². The van der Waals surface area contributed by atoms with Crippen molar-refractivity contribution in [2.45, 2.75) is 70.4 Å². The lowest BCUT2D eigenvalue weighted by Crippen LogP contribution is -2.50. The van der Waals surface area contributed by atoms with E-state index in [1.165, 1.54) is 0 Å². The van der Waals surface area contributed by atoms with Gasteiger partial charge < -0.3 is 19.6 Å². The third kappa shape index (κ3) is 4.84. The summed E-state index contributed by atoms with van der Waals surface area (Å²) in [6.45, 7) is 4.65. The van der Waals surface area contributed by atoms with Gasteiger partial charge in [0.15, 0.2) is 0 Å². The number of carbonyl (C=O) groups is 2. The number of carbonyl (C=O) groups excluding carboxylic acids is 2. The van der Waals surface area contributed by atoms with Crippen molar-refractivity contribution in [1.82, 2.24) is 4.90 Å². The van der Waals surface area contributed by atoms with Crippen LogP contribution in [-0.4, -0.2) is 60.4 Å². The highest BCUT2D eigenvalue weighted by Gasteiger charge is 2.50. The molecule has 32 heavy (non-hydrogen) atoms. The molecule has 2 N–H and O–H groups in total. The molecule has 0 unspecified atom stereocenters. The van der Waals surface area contributed by atoms with Crippen molar-refractivity contribution in [3.63, 3.8) is 0 Å². The number of aliphatic hydroxyl groups excluding tert-OH is 1. The van der Waals surface area contributed by atoms with Gasteiger partial charge in [-0.05, 0) is 69.6 Å². The van der Waals surface area contributed by atoms with E-state index < -0.39 is 6.09 Å². The summed E-state index contributed by atoms with van der Waals surface area (Å²) in [6, 6.07) is 5.74. The van der Waals surface area contributed by atoms with Crippen LogP contribution < -0.4 is 10.2 Å². The van der Waals surface area contributed by atoms with E-state index >= 15 is 0 Å². The predicted molar refractivity (Wildman–Crippen MR) is 125 cm³/mol. The highest BCUT2D eigenvalue weighted by Crippen LogP contribution is 2.44. The molecule has 2 amide bonds. The lowest BCUT2D eigenvalue weighted by atomic mass is 9.78. The van der Waals surface area contributed by atoms with E-state index in [1.807, 2.05) is 19.1 Å². The van der Waals surface area contributed by atoms with Gasteiger partial charge in [-0.3, -0.25) is 10.1 Å². The molecule has 1 aromatic rings. The highest BCUT2D eigenvalue weighted by molar-refractivity contribution is 6.33. The number of piperidine rings is 1. The minimum atomic E-state index is -0.487. The molecule has 176 valence electrons. The summed E-state index contributed by atoms with van der Waals surface area (Å²) < 4.78 is 5.06. The number of hydrogen-bond donors (Lipinski definition) is 2. The van der Waals surface area contributed by atoms with Crippen molar-refractivity contribution < 1.29 is 19.4 Å². The van der Waals surface area contributed by atoms with Gasteiger partial charge in [-0.2, -0.15) is 0 Å². The molecule has 1 saturated carbocycles. The van der Waals surface area contributed by atoms with Crippen LogP contribution in [0.5, 0.6) is 0 Å². The van der Waals surface area contributed by atoms with Crippen LogP contribution >= 0.6 is 11.6 Å². The van der Waals surface area contributed by atoms with Gasteiger partial charge in [0.1, 0.15) is 0 Å². The predicted octanol–water partition coefficient (Wildman–Crippen LogP) is 4.42. The van der Waals surface area contributed by atoms with Gasteiger partial charge in [0.2, 0.25) is 5.91 Å². The molecule has 2 aliphatic heterocycles. The Morgan fingerprint density at radius 3 is 2.75 bits per heavy atom. The second kappa shape index (κ2) is 9.87. The maximum absolute atomic E-state index is 13.5. The number of aliphatic hydroxyl groups is 1. The topological polar surface area (TPSA) is 82.1 Å². The van der Waals surface area contributed by atoms with Crippen LogP contribution in [0.1, 0.15) is 58.3 Å². The Hall–Kier alpha value is -1.99. The molecule has 1 aromatic carbocycles. The molecule has 2 heterocycles. The summed E-state index contributed by atoms with van der Waals surface area (Å²) in [6.07, 6.45) is 6.17. The molecule has 1 aliphatic carbocycles. The zero-order valence-electron chi connectivity index (χ0n) is 18.8. The fourth-order valence-corrected chi connectivity index (χ4v) is 5.77. The number of likely N-dealkylation sites (tertiary alicyclic amines) is 1. The first-order valence-corrected chi connectivity index (χ1v) is 12.3. The molecule has 1 spiro atoms. The molecule has 3 aliphatic rings. The number of amides is 2. The number of nitrogens with one attached hydrogen (secondary N) is 1. The number of hydrogen-bond acceptors (Lipinski definition) is 5. The van der Waals surface area contributed by atoms with Crippen LogP contribution in [-0.2, 0) is 9.53 Å². The molecule has 4 rings (SSSR count). The maximum atomic E-state index is 13.5. The Morgan fingerprint density at radius 1 is 1.25 bits per heavy atom. The average molecular weight is 464 g/mol. The first-order chi connectivity index (χ1) is 15.4. The largest absolute Gasteiger partial charge is 0.449 e. The minimum Gasteiger partial charge on any atom is -0.449 e. The summed E-state index contributed by atoms with van der Waals surface area (Å²) in [5.74, 6) is 0.275. The van der Waals surface area contributed by atoms with E-state index in [1.54, 1.807) is 6.07 Å². The SMILES string of the molecule is CCCOC(=O)Nc1ccc(N2CCC[C@@]3(CCN([C@H]4CC[C@H](O)CC4)C3=O)C2)c(Cl)c1. The van der Waals surface area contributed by atoms with E-state index in [4.69, 9.17) is 16.3 Å². The van der Waals surface area contributed by atoms with Crippen molar-refractivity contribution in [2.75, 3.05) is 36.5 Å². The highest BCUT2D eigenvalue weighted by atomic mass is 35.5. The fourth-order valence-electron chi connectivity index (χ4n) is 5.47. The van der Waals surface area contributed by atoms with Gasteiger partial charge in [0, 0.05) is 31.4 Å². The van der Waals surface area contributed by atoms with E-state index in [9.17, 15) is 14.7 Å². The van der Waals surface area contributed by atoms with Crippen LogP contribution in [0.3, 0.4) is 0 Å². The van der Waals surface area contributed by atoms with Gasteiger partial charge in [-0.25, -0.2) is 4.79 Å². The lowest BCUT2D eigenvalue weighted by molar-refractivity contribution is -0.139. The number of halogens is 1. The molecule has 0 bridgehead atoms. The average Bonchev–Trinajstić information content (AvgIpc) is 3.08. The second-order valence-corrected chi connectivity index (χ2v) is 9.85. The van der Waals surface area contributed by atoms with E-state index in [0.717, 1.165) is 70.1 Å². The summed E-state index contributed by atoms with van der Waals surface area (Å²) in [5.41, 5.74) is 1.14. The van der Waals surface area contributed by atoms with Crippen molar-refractivity contribution in [3.05, 3.63) is 23.2 Å². The normalized spacial score (nSPS) is 28.3. The summed E-state index contributed by atoms with van der Waals surface area (Å²) in [7, 11) is 0. The number of benzene rings is 1. The quantitative estimate of drug-likeness (QED) is 0.675. The fraction of sp³-hybridized carbons (Fsp3) is 0.667. The Morgan fingerprint density at radius 2 is 2.03 bits per heavy atom. The maximum Gasteiger partial charge on any atom is 0.411 e. The Labute approximate surface area is 195 Å². The number of nitrogens with zero attached hydrogens (tertiary/aromatic N) is 2. The van der Waals surface area contributed by atoms with Gasteiger partial charge in [-0.15, -0.1) is 0 Å². The van der Waals surface area contributed by atoms with Crippen molar-refractivity contribution in [1.29, 1.82) is 0 Å². The molecule has 8 heteroatoms. The number of rotatable bonds is 5. The van der Waals surface area contributed by atoms with Crippen LogP contribution in [0.15, 0.2) is 18.2 Å². The van der Waals surface area contributed by atoms with Crippen LogP contribution in [0, 0.1) is 5.41 Å². The Bertz CT molecular complexity index is 843. The van der Waals surface area contributed by atoms with Crippen LogP contribution in [0.25, 0.3) is 0 Å². The molecular formula is C24H34ClN3O4. The Balaban J connectivity index is 1.42. The summed E-state index contributed by atoms with van der Waals surface area (Å²) in [4.78, 5) is 29.6. The molecule has 2 saturated heterocycles. The molecule has 0 aromatic heterocycles. The molecule has 7 nitrogen and oxygen atoms in total. The molecular weight excluding hydrogens is 430 g/mol. The van der Waals surface area contributed by atoms with Crippen LogP contribution in [0.4, 0.5) is 16.2 Å². The lowest BCUT2D eigenvalue weighted by Gasteiger charge is -2.41. The first-order valence-electron chi connectivity index (χ1n) is 11.9. The van der Waals surface area contributed by atoms with Crippen LogP contribution in [0.2, 0.25) is 5.02 Å². The zero-order valence-corrected chi connectivity index (χ0v) is 19.6. The molecule has 1 atom stereocenters. The van der Waals surface area contributed by atoms with Gasteiger partial charge in [0.05, 0.1) is 28.8 Å². The summed E-state index contributed by atoms with van der Waals surface area (Å²) in [5, 5.41) is 13.1. The second-order valence-electron chi connectivity index (χ2n) is 9.44. The van der Waals surface area contributed by atoms with Crippen molar-refractivity contribution in [3.8, 4) is 0 Å². The zero-order chi connectivity index (χ0) is 22.7. The Kier molecular flexibility index (Phi) is 7.15. The van der Waals surface area contributed by atoms with Crippen molar-refractivity contribution >= 4 is 35.0 Å². The third-order valence-corrected chi connectivity index (χ3v) is 7.50. The molecule has 3 fully saturated rings. The monoisotopic (exact) mass is 463 g/mol. The van der Waals surface area contributed by atoms with E-state index in [2.05, 4.69) is 15.1 Å². The number of ether oxygens (including phenoxy) is 1. The van der Waals surface area contributed by atoms with E-state index in [-0.39, 0.29) is 23.5 Å². The number of anilines is 2. The molecule has 0 radical (unpaired) electrons. The van der Waals surface area contributed by atoms with Gasteiger partial charge >= 0.3 is 6.09 Å². The minimum absolute atomic E-state index is 0.212.